The van der Waals surface area contributed by atoms with Crippen LogP contribution in [0.4, 0.5) is 0 Å². The molecule has 0 amide bonds. The van der Waals surface area contributed by atoms with E-state index in [1.807, 2.05) is 25.5 Å². The van der Waals surface area contributed by atoms with Crippen molar-refractivity contribution in [2.45, 2.75) is 84.5 Å². The Balaban J connectivity index is 2.09. The molecule has 0 spiro atoms. The molecule has 1 aliphatic rings. The summed E-state index contributed by atoms with van der Waals surface area (Å²) in [6, 6.07) is 0.275. The van der Waals surface area contributed by atoms with Gasteiger partial charge in [0.15, 0.2) is 0 Å². The van der Waals surface area contributed by atoms with E-state index in [9.17, 15) is 4.79 Å². The maximum Gasteiger partial charge on any atom is 0.332 e. The minimum Gasteiger partial charge on any atom is -0.458 e. The summed E-state index contributed by atoms with van der Waals surface area (Å²) < 4.78 is 13.1. The van der Waals surface area contributed by atoms with E-state index in [4.69, 9.17) is 9.47 Å². The molecule has 2 rings (SSSR count). The van der Waals surface area contributed by atoms with Crippen LogP contribution in [0.5, 0.6) is 0 Å². The van der Waals surface area contributed by atoms with Gasteiger partial charge < -0.3 is 9.47 Å². The van der Waals surface area contributed by atoms with Gasteiger partial charge in [-0.25, -0.2) is 9.48 Å². The normalized spacial score (nSPS) is 19.1. The highest BCUT2D eigenvalue weighted by molar-refractivity contribution is 5.71. The lowest BCUT2D eigenvalue weighted by Crippen LogP contribution is -2.27. The van der Waals surface area contributed by atoms with E-state index in [1.165, 1.54) is 0 Å². The zero-order chi connectivity index (χ0) is 17.0. The SMILES string of the molecule is CC(C)n1nnc2c1CCCCCC2OCC(=O)OC(C)(C)C. The van der Waals surface area contributed by atoms with Crippen LogP contribution in [0.25, 0.3) is 0 Å². The number of carbonyl (C=O) groups is 1. The quantitative estimate of drug-likeness (QED) is 0.795. The van der Waals surface area contributed by atoms with Gasteiger partial charge in [-0.15, -0.1) is 5.10 Å². The van der Waals surface area contributed by atoms with Gasteiger partial charge in [0.25, 0.3) is 0 Å². The predicted molar refractivity (Wildman–Crippen MR) is 87.1 cm³/mol. The second-order valence-electron chi connectivity index (χ2n) is 7.45. The Kier molecular flexibility index (Phi) is 5.79. The van der Waals surface area contributed by atoms with E-state index < -0.39 is 5.60 Å². The average Bonchev–Trinajstić information content (AvgIpc) is 2.79. The molecule has 1 heterocycles. The van der Waals surface area contributed by atoms with Crippen molar-refractivity contribution in [3.05, 3.63) is 11.4 Å². The monoisotopic (exact) mass is 323 g/mol. The van der Waals surface area contributed by atoms with E-state index in [2.05, 4.69) is 24.2 Å². The number of nitrogens with zero attached hydrogens (tertiary/aromatic N) is 3. The molecule has 0 fully saturated rings. The molecule has 6 nitrogen and oxygen atoms in total. The molecule has 0 radical (unpaired) electrons. The molecule has 0 aromatic carbocycles. The van der Waals surface area contributed by atoms with Crippen LogP contribution in [0.3, 0.4) is 0 Å². The molecule has 0 saturated carbocycles. The average molecular weight is 323 g/mol. The summed E-state index contributed by atoms with van der Waals surface area (Å²) in [4.78, 5) is 11.9. The van der Waals surface area contributed by atoms with Gasteiger partial charge in [0.2, 0.25) is 0 Å². The van der Waals surface area contributed by atoms with Crippen LogP contribution in [-0.2, 0) is 20.7 Å². The first-order valence-corrected chi connectivity index (χ1v) is 8.55. The zero-order valence-electron chi connectivity index (χ0n) is 15.0. The minimum atomic E-state index is -0.493. The fraction of sp³-hybridized carbons (Fsp3) is 0.824. The summed E-state index contributed by atoms with van der Waals surface area (Å²) in [6.45, 7) is 9.72. The fourth-order valence-electron chi connectivity index (χ4n) is 2.87. The maximum atomic E-state index is 11.9. The van der Waals surface area contributed by atoms with Crippen molar-refractivity contribution in [2.24, 2.45) is 0 Å². The van der Waals surface area contributed by atoms with Gasteiger partial charge >= 0.3 is 5.97 Å². The van der Waals surface area contributed by atoms with Crippen molar-refractivity contribution in [3.8, 4) is 0 Å². The Labute approximate surface area is 138 Å². The Bertz CT molecular complexity index is 532. The Hall–Kier alpha value is -1.43. The van der Waals surface area contributed by atoms with Crippen LogP contribution in [0.15, 0.2) is 0 Å². The molecule has 0 N–H and O–H groups in total. The van der Waals surface area contributed by atoms with E-state index in [0.29, 0.717) is 0 Å². The molecular formula is C17H29N3O3. The van der Waals surface area contributed by atoms with E-state index >= 15 is 0 Å². The van der Waals surface area contributed by atoms with Crippen LogP contribution < -0.4 is 0 Å². The second kappa shape index (κ2) is 7.43. The lowest BCUT2D eigenvalue weighted by Gasteiger charge is -2.22. The Morgan fingerprint density at radius 3 is 2.70 bits per heavy atom. The first-order valence-electron chi connectivity index (χ1n) is 8.55. The molecule has 23 heavy (non-hydrogen) atoms. The minimum absolute atomic E-state index is 0.0457. The van der Waals surface area contributed by atoms with Crippen molar-refractivity contribution < 1.29 is 14.3 Å². The van der Waals surface area contributed by atoms with Crippen LogP contribution in [-0.4, -0.2) is 33.2 Å². The zero-order valence-corrected chi connectivity index (χ0v) is 15.0. The smallest absolute Gasteiger partial charge is 0.332 e. The summed E-state index contributed by atoms with van der Waals surface area (Å²) in [5.41, 5.74) is 1.55. The molecule has 6 heteroatoms. The second-order valence-corrected chi connectivity index (χ2v) is 7.45. The van der Waals surface area contributed by atoms with Gasteiger partial charge in [0.05, 0.1) is 5.69 Å². The summed E-state index contributed by atoms with van der Waals surface area (Å²) in [5, 5.41) is 8.64. The van der Waals surface area contributed by atoms with Gasteiger partial charge in [-0.3, -0.25) is 0 Å². The summed E-state index contributed by atoms with van der Waals surface area (Å²) in [6.07, 6.45) is 5.04. The highest BCUT2D eigenvalue weighted by atomic mass is 16.6. The molecule has 1 aliphatic carbocycles. The lowest BCUT2D eigenvalue weighted by molar-refractivity contribution is -0.162. The molecule has 1 aromatic rings. The van der Waals surface area contributed by atoms with Crippen LogP contribution >= 0.6 is 0 Å². The summed E-state index contributed by atoms with van der Waals surface area (Å²) in [5.74, 6) is -0.336. The number of hydrogen-bond donors (Lipinski definition) is 0. The number of carbonyl (C=O) groups excluding carboxylic acids is 1. The highest BCUT2D eigenvalue weighted by Crippen LogP contribution is 2.30. The molecular weight excluding hydrogens is 294 g/mol. The van der Waals surface area contributed by atoms with Crippen molar-refractivity contribution in [3.63, 3.8) is 0 Å². The standard InChI is InChI=1S/C17H29N3O3/c1-12(2)20-13-9-7-6-8-10-14(16(13)18-19-20)22-11-15(21)23-17(3,4)5/h12,14H,6-11H2,1-5H3. The van der Waals surface area contributed by atoms with E-state index in [1.54, 1.807) is 0 Å². The molecule has 0 saturated heterocycles. The van der Waals surface area contributed by atoms with Gasteiger partial charge in [-0.05, 0) is 53.9 Å². The molecule has 0 bridgehead atoms. The van der Waals surface area contributed by atoms with Gasteiger partial charge in [0.1, 0.15) is 24.0 Å². The number of esters is 1. The van der Waals surface area contributed by atoms with Crippen LogP contribution in [0, 0.1) is 0 Å². The van der Waals surface area contributed by atoms with Crippen molar-refractivity contribution in [1.82, 2.24) is 15.0 Å². The first kappa shape index (κ1) is 17.9. The Morgan fingerprint density at radius 1 is 1.30 bits per heavy atom. The topological polar surface area (TPSA) is 66.2 Å². The number of hydrogen-bond acceptors (Lipinski definition) is 5. The van der Waals surface area contributed by atoms with Gasteiger partial charge in [0, 0.05) is 6.04 Å². The largest absolute Gasteiger partial charge is 0.458 e. The molecule has 0 aliphatic heterocycles. The van der Waals surface area contributed by atoms with Gasteiger partial charge in [-0.1, -0.05) is 18.1 Å². The fourth-order valence-corrected chi connectivity index (χ4v) is 2.87. The van der Waals surface area contributed by atoms with E-state index in [-0.39, 0.29) is 24.7 Å². The number of ether oxygens (including phenoxy) is 2. The number of rotatable bonds is 4. The molecule has 1 atom stereocenters. The summed E-state index contributed by atoms with van der Waals surface area (Å²) in [7, 11) is 0. The Morgan fingerprint density at radius 2 is 2.04 bits per heavy atom. The van der Waals surface area contributed by atoms with Gasteiger partial charge in [-0.2, -0.15) is 0 Å². The third-order valence-electron chi connectivity index (χ3n) is 3.82. The lowest BCUT2D eigenvalue weighted by atomic mass is 9.98. The number of fused-ring (bicyclic) bond motifs is 1. The molecule has 130 valence electrons. The van der Waals surface area contributed by atoms with Crippen molar-refractivity contribution in [2.75, 3.05) is 6.61 Å². The van der Waals surface area contributed by atoms with Crippen LogP contribution in [0.1, 0.15) is 83.8 Å². The highest BCUT2D eigenvalue weighted by Gasteiger charge is 2.26. The third kappa shape index (κ3) is 5.03. The van der Waals surface area contributed by atoms with Crippen molar-refractivity contribution in [1.29, 1.82) is 0 Å². The maximum absolute atomic E-state index is 11.9. The molecule has 1 unspecified atom stereocenters. The first-order chi connectivity index (χ1) is 10.8. The predicted octanol–water partition coefficient (Wildman–Crippen LogP) is 3.37. The summed E-state index contributed by atoms with van der Waals surface area (Å²) >= 11 is 0. The van der Waals surface area contributed by atoms with Crippen molar-refractivity contribution >= 4 is 5.97 Å². The number of aromatic nitrogens is 3. The third-order valence-corrected chi connectivity index (χ3v) is 3.82. The van der Waals surface area contributed by atoms with Crippen LogP contribution in [0.2, 0.25) is 0 Å². The van der Waals surface area contributed by atoms with E-state index in [0.717, 1.165) is 43.5 Å². The molecule has 1 aromatic heterocycles.